The fraction of sp³-hybridized carbons (Fsp3) is 0.588. The molecule has 1 aromatic rings. The molecule has 2 rings (SSSR count). The molecule has 2 heterocycles. The Morgan fingerprint density at radius 1 is 1.37 bits per heavy atom. The first-order valence-corrected chi connectivity index (χ1v) is 10.7. The number of pyridine rings is 1. The van der Waals surface area contributed by atoms with Crippen molar-refractivity contribution in [2.45, 2.75) is 25.8 Å². The Hall–Kier alpha value is -2.20. The zero-order chi connectivity index (χ0) is 19.9. The predicted molar refractivity (Wildman–Crippen MR) is 99.7 cm³/mol. The van der Waals surface area contributed by atoms with Crippen LogP contribution in [0.4, 0.5) is 4.79 Å². The van der Waals surface area contributed by atoms with Crippen molar-refractivity contribution >= 4 is 22.0 Å². The maximum atomic E-state index is 12.2. The number of rotatable bonds is 7. The molecule has 1 aliphatic rings. The first-order valence-electron chi connectivity index (χ1n) is 8.89. The Balaban J connectivity index is 1.89. The third-order valence-electron chi connectivity index (χ3n) is 4.37. The van der Waals surface area contributed by atoms with Crippen molar-refractivity contribution in [3.05, 3.63) is 30.1 Å². The highest BCUT2D eigenvalue weighted by Gasteiger charge is 2.31. The Morgan fingerprint density at radius 2 is 2.07 bits per heavy atom. The van der Waals surface area contributed by atoms with Crippen molar-refractivity contribution in [2.75, 3.05) is 39.0 Å². The van der Waals surface area contributed by atoms with Gasteiger partial charge in [0, 0.05) is 44.6 Å². The summed E-state index contributed by atoms with van der Waals surface area (Å²) in [4.78, 5) is 29.3. The smallest absolute Gasteiger partial charge is 0.409 e. The van der Waals surface area contributed by atoms with Gasteiger partial charge in [0.1, 0.15) is 0 Å². The number of hydrogen-bond acceptors (Lipinski definition) is 6. The van der Waals surface area contributed by atoms with E-state index in [4.69, 9.17) is 4.74 Å². The molecule has 2 amide bonds. The fourth-order valence-electron chi connectivity index (χ4n) is 3.05. The van der Waals surface area contributed by atoms with Gasteiger partial charge in [0.2, 0.25) is 10.0 Å². The number of carbonyl (C=O) groups excluding carboxylic acids is 2. The molecule has 0 radical (unpaired) electrons. The largest absolute Gasteiger partial charge is 0.450 e. The van der Waals surface area contributed by atoms with E-state index >= 15 is 0 Å². The van der Waals surface area contributed by atoms with Gasteiger partial charge in [0.25, 0.3) is 5.91 Å². The van der Waals surface area contributed by atoms with E-state index in [1.807, 2.05) is 0 Å². The average Bonchev–Trinajstić information content (AvgIpc) is 2.65. The third-order valence-corrected chi connectivity index (χ3v) is 5.70. The molecule has 0 aromatic carbocycles. The fourth-order valence-corrected chi connectivity index (χ4v) is 4.22. The normalized spacial score (nSPS) is 15.6. The van der Waals surface area contributed by atoms with Gasteiger partial charge < -0.3 is 15.0 Å². The lowest BCUT2D eigenvalue weighted by Crippen LogP contribution is -2.50. The molecule has 1 N–H and O–H groups in total. The van der Waals surface area contributed by atoms with Crippen molar-refractivity contribution in [2.24, 2.45) is 0 Å². The monoisotopic (exact) mass is 398 g/mol. The van der Waals surface area contributed by atoms with Crippen LogP contribution in [0.3, 0.4) is 0 Å². The number of ether oxygens (including phenoxy) is 1. The number of amides is 2. The van der Waals surface area contributed by atoms with E-state index in [1.165, 1.54) is 10.5 Å². The maximum absolute atomic E-state index is 12.2. The van der Waals surface area contributed by atoms with Crippen LogP contribution in [0.15, 0.2) is 24.5 Å². The number of carbonyl (C=O) groups is 2. The lowest BCUT2D eigenvalue weighted by molar-refractivity contribution is 0.0871. The molecule has 0 atom stereocenters. The number of nitrogens with zero attached hydrogens (tertiary/aromatic N) is 3. The molecule has 1 aromatic heterocycles. The van der Waals surface area contributed by atoms with Crippen LogP contribution in [-0.4, -0.2) is 79.7 Å². The third kappa shape index (κ3) is 6.17. The summed E-state index contributed by atoms with van der Waals surface area (Å²) in [6.45, 7) is 3.31. The van der Waals surface area contributed by atoms with Crippen molar-refractivity contribution in [3.8, 4) is 0 Å². The summed E-state index contributed by atoms with van der Waals surface area (Å²) < 4.78 is 30.8. The summed E-state index contributed by atoms with van der Waals surface area (Å²) in [6, 6.07) is 3.09. The molecule has 27 heavy (non-hydrogen) atoms. The van der Waals surface area contributed by atoms with Crippen molar-refractivity contribution in [1.82, 2.24) is 19.5 Å². The second-order valence-corrected chi connectivity index (χ2v) is 8.22. The Labute approximate surface area is 159 Å². The first kappa shape index (κ1) is 21.1. The highest BCUT2D eigenvalue weighted by molar-refractivity contribution is 7.88. The molecule has 0 spiro atoms. The zero-order valence-electron chi connectivity index (χ0n) is 15.6. The van der Waals surface area contributed by atoms with Crippen LogP contribution in [0.25, 0.3) is 0 Å². The van der Waals surface area contributed by atoms with E-state index in [2.05, 4.69) is 10.3 Å². The predicted octanol–water partition coefficient (Wildman–Crippen LogP) is 0.694. The minimum Gasteiger partial charge on any atom is -0.450 e. The van der Waals surface area contributed by atoms with Gasteiger partial charge in [-0.1, -0.05) is 0 Å². The maximum Gasteiger partial charge on any atom is 0.409 e. The molecule has 0 unspecified atom stereocenters. The second kappa shape index (κ2) is 9.65. The topological polar surface area (TPSA) is 109 Å². The first-order chi connectivity index (χ1) is 12.8. The highest BCUT2D eigenvalue weighted by Crippen LogP contribution is 2.19. The molecule has 150 valence electrons. The number of nitrogens with one attached hydrogen (secondary N) is 1. The van der Waals surface area contributed by atoms with Gasteiger partial charge in [0.15, 0.2) is 0 Å². The molecule has 0 saturated carbocycles. The standard InChI is InChI=1S/C17H26N4O5S/c1-3-26-17(23)20-10-6-15(7-11-20)21(27(2,24)25)12-9-19-16(22)14-5-4-8-18-13-14/h4-5,8,13,15H,3,6-7,9-12H2,1-2H3,(H,19,22). The number of aromatic nitrogens is 1. The highest BCUT2D eigenvalue weighted by atomic mass is 32.2. The summed E-state index contributed by atoms with van der Waals surface area (Å²) in [7, 11) is -3.44. The molecule has 1 fully saturated rings. The van der Waals surface area contributed by atoms with Crippen LogP contribution in [-0.2, 0) is 14.8 Å². The molecule has 10 heteroatoms. The van der Waals surface area contributed by atoms with Gasteiger partial charge in [-0.25, -0.2) is 13.2 Å². The molecule has 0 aliphatic carbocycles. The summed E-state index contributed by atoms with van der Waals surface area (Å²) in [5.41, 5.74) is 0.422. The molecule has 1 aliphatic heterocycles. The van der Waals surface area contributed by atoms with Crippen LogP contribution in [0.5, 0.6) is 0 Å². The SMILES string of the molecule is CCOC(=O)N1CCC(N(CCNC(=O)c2cccnc2)S(C)(=O)=O)CC1. The van der Waals surface area contributed by atoms with E-state index < -0.39 is 10.0 Å². The Morgan fingerprint density at radius 3 is 2.63 bits per heavy atom. The number of piperidine rings is 1. The van der Waals surface area contributed by atoms with Gasteiger partial charge >= 0.3 is 6.09 Å². The summed E-state index contributed by atoms with van der Waals surface area (Å²) in [5.74, 6) is -0.298. The van der Waals surface area contributed by atoms with Gasteiger partial charge in [0.05, 0.1) is 18.4 Å². The lowest BCUT2D eigenvalue weighted by Gasteiger charge is -2.36. The molecule has 9 nitrogen and oxygen atoms in total. The Bertz CT molecular complexity index is 733. The van der Waals surface area contributed by atoms with Crippen LogP contribution in [0.1, 0.15) is 30.1 Å². The quantitative estimate of drug-likeness (QED) is 0.724. The van der Waals surface area contributed by atoms with Crippen LogP contribution in [0, 0.1) is 0 Å². The van der Waals surface area contributed by atoms with E-state index in [-0.39, 0.29) is 31.1 Å². The van der Waals surface area contributed by atoms with Gasteiger partial charge in [-0.2, -0.15) is 4.31 Å². The molecule has 1 saturated heterocycles. The number of likely N-dealkylation sites (tertiary alicyclic amines) is 1. The Kier molecular flexibility index (Phi) is 7.55. The summed E-state index contributed by atoms with van der Waals surface area (Å²) in [5, 5.41) is 2.71. The molecular formula is C17H26N4O5S. The van der Waals surface area contributed by atoms with Gasteiger partial charge in [-0.05, 0) is 31.9 Å². The second-order valence-electron chi connectivity index (χ2n) is 6.29. The van der Waals surface area contributed by atoms with E-state index in [1.54, 1.807) is 30.2 Å². The lowest BCUT2D eigenvalue weighted by atomic mass is 10.1. The van der Waals surface area contributed by atoms with Crippen LogP contribution >= 0.6 is 0 Å². The zero-order valence-corrected chi connectivity index (χ0v) is 16.4. The minimum absolute atomic E-state index is 0.176. The van der Waals surface area contributed by atoms with E-state index in [0.717, 1.165) is 6.26 Å². The van der Waals surface area contributed by atoms with E-state index in [9.17, 15) is 18.0 Å². The van der Waals surface area contributed by atoms with E-state index in [0.29, 0.717) is 38.1 Å². The molecule has 0 bridgehead atoms. The van der Waals surface area contributed by atoms with Crippen LogP contribution < -0.4 is 5.32 Å². The number of hydrogen-bond donors (Lipinski definition) is 1. The summed E-state index contributed by atoms with van der Waals surface area (Å²) in [6.07, 6.45) is 4.88. The average molecular weight is 398 g/mol. The van der Waals surface area contributed by atoms with Gasteiger partial charge in [-0.15, -0.1) is 0 Å². The number of sulfonamides is 1. The minimum atomic E-state index is -3.44. The van der Waals surface area contributed by atoms with Crippen molar-refractivity contribution < 1.29 is 22.7 Å². The van der Waals surface area contributed by atoms with Crippen molar-refractivity contribution in [3.63, 3.8) is 0 Å². The molecular weight excluding hydrogens is 372 g/mol. The van der Waals surface area contributed by atoms with Crippen molar-refractivity contribution in [1.29, 1.82) is 0 Å². The van der Waals surface area contributed by atoms with Gasteiger partial charge in [-0.3, -0.25) is 9.78 Å². The summed E-state index contributed by atoms with van der Waals surface area (Å²) >= 11 is 0. The van der Waals surface area contributed by atoms with Crippen LogP contribution in [0.2, 0.25) is 0 Å².